The van der Waals surface area contributed by atoms with Crippen molar-refractivity contribution >= 4 is 23.1 Å². The maximum absolute atomic E-state index is 13.4. The molecule has 6 heteroatoms. The van der Waals surface area contributed by atoms with Gasteiger partial charge in [0.15, 0.2) is 0 Å². The van der Waals surface area contributed by atoms with Crippen LogP contribution in [0.4, 0.5) is 5.69 Å². The summed E-state index contributed by atoms with van der Waals surface area (Å²) in [6.07, 6.45) is 3.22. The van der Waals surface area contributed by atoms with E-state index < -0.39 is 17.7 Å². The van der Waals surface area contributed by atoms with Gasteiger partial charge in [-0.3, -0.25) is 19.5 Å². The predicted molar refractivity (Wildman–Crippen MR) is 152 cm³/mol. The van der Waals surface area contributed by atoms with Crippen LogP contribution in [0.5, 0.6) is 5.75 Å². The summed E-state index contributed by atoms with van der Waals surface area (Å²) < 4.78 is 5.98. The highest BCUT2D eigenvalue weighted by atomic mass is 16.5. The first-order chi connectivity index (χ1) is 18.8. The van der Waals surface area contributed by atoms with Crippen LogP contribution in [0.15, 0.2) is 103 Å². The molecule has 1 unspecified atom stereocenters. The third-order valence-electron chi connectivity index (χ3n) is 6.99. The lowest BCUT2D eigenvalue weighted by molar-refractivity contribution is -0.132. The Morgan fingerprint density at radius 1 is 0.949 bits per heavy atom. The van der Waals surface area contributed by atoms with Gasteiger partial charge < -0.3 is 9.84 Å². The van der Waals surface area contributed by atoms with Crippen LogP contribution in [0, 0.1) is 6.92 Å². The SMILES string of the molecule is Cc1cc(/C(O)=C2/C(=O)C(=O)N(c3ccc(C(C)C)cc3)C2c2ccncc2)ccc1OCc1ccccc1. The fourth-order valence-electron chi connectivity index (χ4n) is 4.83. The van der Waals surface area contributed by atoms with Crippen molar-refractivity contribution < 1.29 is 19.4 Å². The molecule has 5 rings (SSSR count). The molecule has 39 heavy (non-hydrogen) atoms. The fraction of sp³-hybridized carbons (Fsp3) is 0.182. The monoisotopic (exact) mass is 518 g/mol. The molecule has 6 nitrogen and oxygen atoms in total. The minimum Gasteiger partial charge on any atom is -0.507 e. The number of amides is 1. The van der Waals surface area contributed by atoms with Gasteiger partial charge in [-0.05, 0) is 77.6 Å². The van der Waals surface area contributed by atoms with E-state index in [4.69, 9.17) is 4.74 Å². The molecule has 0 radical (unpaired) electrons. The Morgan fingerprint density at radius 3 is 2.28 bits per heavy atom. The molecule has 4 aromatic rings. The van der Waals surface area contributed by atoms with E-state index in [9.17, 15) is 14.7 Å². The maximum atomic E-state index is 13.4. The number of aliphatic hydroxyl groups excluding tert-OH is 1. The molecule has 1 aliphatic heterocycles. The standard InChI is InChI=1S/C33H30N2O4/c1-21(2)24-9-12-27(13-10-24)35-30(25-15-17-34-18-16-25)29(32(37)33(35)38)31(36)26-11-14-28(22(3)19-26)39-20-23-7-5-4-6-8-23/h4-19,21,30,36H,20H2,1-3H3/b31-29-. The number of ether oxygens (including phenoxy) is 1. The Kier molecular flexibility index (Phi) is 7.28. The zero-order valence-electron chi connectivity index (χ0n) is 22.2. The lowest BCUT2D eigenvalue weighted by atomic mass is 9.95. The summed E-state index contributed by atoms with van der Waals surface area (Å²) in [6.45, 7) is 6.48. The second-order valence-corrected chi connectivity index (χ2v) is 9.95. The molecule has 1 amide bonds. The van der Waals surface area contributed by atoms with E-state index in [0.29, 0.717) is 35.1 Å². The third kappa shape index (κ3) is 5.18. The number of aryl methyl sites for hydroxylation is 1. The van der Waals surface area contributed by atoms with Crippen LogP contribution >= 0.6 is 0 Å². The average molecular weight is 519 g/mol. The third-order valence-corrected chi connectivity index (χ3v) is 6.99. The van der Waals surface area contributed by atoms with Crippen molar-refractivity contribution in [3.63, 3.8) is 0 Å². The van der Waals surface area contributed by atoms with Gasteiger partial charge in [0.1, 0.15) is 18.1 Å². The van der Waals surface area contributed by atoms with E-state index in [2.05, 4.69) is 18.8 Å². The quantitative estimate of drug-likeness (QED) is 0.167. The molecule has 1 aromatic heterocycles. The molecule has 0 bridgehead atoms. The van der Waals surface area contributed by atoms with Crippen molar-refractivity contribution in [2.75, 3.05) is 4.90 Å². The maximum Gasteiger partial charge on any atom is 0.300 e. The van der Waals surface area contributed by atoms with E-state index in [0.717, 1.165) is 16.7 Å². The molecule has 3 aromatic carbocycles. The summed E-state index contributed by atoms with van der Waals surface area (Å²) in [6, 6.07) is 25.4. The van der Waals surface area contributed by atoms with E-state index in [1.807, 2.05) is 61.5 Å². The Hall–Kier alpha value is -4.71. The van der Waals surface area contributed by atoms with Crippen LogP contribution in [0.1, 0.15) is 53.6 Å². The van der Waals surface area contributed by atoms with Crippen LogP contribution < -0.4 is 9.64 Å². The van der Waals surface area contributed by atoms with Crippen molar-refractivity contribution in [3.05, 3.63) is 131 Å². The minimum absolute atomic E-state index is 0.0384. The molecule has 1 N–H and O–H groups in total. The van der Waals surface area contributed by atoms with Gasteiger partial charge in [-0.2, -0.15) is 0 Å². The molecule has 196 valence electrons. The van der Waals surface area contributed by atoms with Crippen LogP contribution in [-0.4, -0.2) is 21.8 Å². The van der Waals surface area contributed by atoms with E-state index in [1.165, 1.54) is 4.90 Å². The average Bonchev–Trinajstić information content (AvgIpc) is 3.23. The molecule has 2 heterocycles. The number of rotatable bonds is 7. The molecule has 1 atom stereocenters. The number of hydrogen-bond acceptors (Lipinski definition) is 5. The molecular formula is C33H30N2O4. The summed E-state index contributed by atoms with van der Waals surface area (Å²) in [5, 5.41) is 11.5. The van der Waals surface area contributed by atoms with E-state index >= 15 is 0 Å². The molecule has 1 fully saturated rings. The largest absolute Gasteiger partial charge is 0.507 e. The number of ketones is 1. The Labute approximate surface area is 228 Å². The van der Waals surface area contributed by atoms with Gasteiger partial charge in [-0.15, -0.1) is 0 Å². The Morgan fingerprint density at radius 2 is 1.64 bits per heavy atom. The first-order valence-corrected chi connectivity index (χ1v) is 12.9. The molecule has 1 aliphatic rings. The number of benzene rings is 3. The summed E-state index contributed by atoms with van der Waals surface area (Å²) in [5.41, 5.74) is 4.71. The number of aliphatic hydroxyl groups is 1. The molecule has 0 aliphatic carbocycles. The van der Waals surface area contributed by atoms with Crippen molar-refractivity contribution in [2.45, 2.75) is 39.3 Å². The van der Waals surface area contributed by atoms with Crippen molar-refractivity contribution in [2.24, 2.45) is 0 Å². The first kappa shape index (κ1) is 25.9. The Bertz CT molecular complexity index is 1530. The number of anilines is 1. The lowest BCUT2D eigenvalue weighted by Gasteiger charge is -2.25. The molecule has 1 saturated heterocycles. The number of nitrogens with zero attached hydrogens (tertiary/aromatic N) is 2. The number of carbonyl (C=O) groups is 2. The minimum atomic E-state index is -0.799. The topological polar surface area (TPSA) is 79.7 Å². The Balaban J connectivity index is 1.53. The normalized spacial score (nSPS) is 16.6. The molecular weight excluding hydrogens is 488 g/mol. The van der Waals surface area contributed by atoms with Gasteiger partial charge in [-0.25, -0.2) is 0 Å². The van der Waals surface area contributed by atoms with E-state index in [-0.39, 0.29) is 11.3 Å². The smallest absolute Gasteiger partial charge is 0.300 e. The van der Waals surface area contributed by atoms with Gasteiger partial charge >= 0.3 is 0 Å². The van der Waals surface area contributed by atoms with Crippen molar-refractivity contribution in [1.82, 2.24) is 4.98 Å². The summed E-state index contributed by atoms with van der Waals surface area (Å²) in [5.74, 6) is -0.645. The van der Waals surface area contributed by atoms with Gasteiger partial charge in [0.05, 0.1) is 11.6 Å². The van der Waals surface area contributed by atoms with Gasteiger partial charge in [0, 0.05) is 23.6 Å². The van der Waals surface area contributed by atoms with Crippen LogP contribution in [-0.2, 0) is 16.2 Å². The highest BCUT2D eigenvalue weighted by Crippen LogP contribution is 2.42. The number of hydrogen-bond donors (Lipinski definition) is 1. The highest BCUT2D eigenvalue weighted by molar-refractivity contribution is 6.51. The van der Waals surface area contributed by atoms with Gasteiger partial charge in [0.25, 0.3) is 11.7 Å². The van der Waals surface area contributed by atoms with Crippen LogP contribution in [0.3, 0.4) is 0 Å². The second-order valence-electron chi connectivity index (χ2n) is 9.95. The summed E-state index contributed by atoms with van der Waals surface area (Å²) >= 11 is 0. The van der Waals surface area contributed by atoms with Crippen molar-refractivity contribution in [3.8, 4) is 5.75 Å². The number of pyridine rings is 1. The first-order valence-electron chi connectivity index (χ1n) is 12.9. The number of carbonyl (C=O) groups excluding carboxylic acids is 2. The van der Waals surface area contributed by atoms with Crippen LogP contribution in [0.2, 0.25) is 0 Å². The molecule has 0 spiro atoms. The fourth-order valence-corrected chi connectivity index (χ4v) is 4.83. The summed E-state index contributed by atoms with van der Waals surface area (Å²) in [7, 11) is 0. The number of aromatic nitrogens is 1. The van der Waals surface area contributed by atoms with Gasteiger partial charge in [-0.1, -0.05) is 56.3 Å². The van der Waals surface area contributed by atoms with Crippen LogP contribution in [0.25, 0.3) is 5.76 Å². The van der Waals surface area contributed by atoms with Gasteiger partial charge in [0.2, 0.25) is 0 Å². The lowest BCUT2D eigenvalue weighted by Crippen LogP contribution is -2.29. The number of Topliss-reactive ketones (excluding diaryl/α,β-unsaturated/α-hetero) is 1. The second kappa shape index (κ2) is 11.0. The zero-order chi connectivity index (χ0) is 27.5. The zero-order valence-corrected chi connectivity index (χ0v) is 22.2. The highest BCUT2D eigenvalue weighted by Gasteiger charge is 2.47. The van der Waals surface area contributed by atoms with Crippen molar-refractivity contribution in [1.29, 1.82) is 0 Å². The predicted octanol–water partition coefficient (Wildman–Crippen LogP) is 6.72. The molecule has 0 saturated carbocycles. The van der Waals surface area contributed by atoms with E-state index in [1.54, 1.807) is 42.7 Å². The summed E-state index contributed by atoms with van der Waals surface area (Å²) in [4.78, 5) is 32.4.